The molecule has 0 aromatic carbocycles. The van der Waals surface area contributed by atoms with E-state index >= 15 is 0 Å². The molecule has 1 saturated carbocycles. The van der Waals surface area contributed by atoms with E-state index in [9.17, 15) is 4.79 Å². The molecule has 3 heterocycles. The first-order valence-corrected chi connectivity index (χ1v) is 9.05. The summed E-state index contributed by atoms with van der Waals surface area (Å²) in [5, 5.41) is 7.69. The van der Waals surface area contributed by atoms with Crippen molar-refractivity contribution in [2.24, 2.45) is 0 Å². The minimum Gasteiger partial charge on any atom is -0.345 e. The summed E-state index contributed by atoms with van der Waals surface area (Å²) in [6.45, 7) is 3.77. The monoisotopic (exact) mass is 361 g/mol. The molecule has 0 bridgehead atoms. The summed E-state index contributed by atoms with van der Waals surface area (Å²) in [6, 6.07) is 5.53. The van der Waals surface area contributed by atoms with Crippen molar-refractivity contribution in [1.82, 2.24) is 15.5 Å². The highest BCUT2D eigenvalue weighted by Gasteiger charge is 2.29. The van der Waals surface area contributed by atoms with Gasteiger partial charge >= 0.3 is 0 Å². The summed E-state index contributed by atoms with van der Waals surface area (Å²) in [7, 11) is 0. The van der Waals surface area contributed by atoms with Crippen LogP contribution in [0.1, 0.15) is 58.3 Å². The predicted molar refractivity (Wildman–Crippen MR) is 93.7 cm³/mol. The molecule has 0 spiro atoms. The van der Waals surface area contributed by atoms with Crippen molar-refractivity contribution in [2.75, 3.05) is 0 Å². The zero-order chi connectivity index (χ0) is 16.8. The van der Waals surface area contributed by atoms with Crippen LogP contribution in [0.5, 0.6) is 0 Å². The number of nitrogens with zero attached hydrogens (tertiary/aromatic N) is 2. The van der Waals surface area contributed by atoms with Crippen molar-refractivity contribution in [2.45, 2.75) is 38.6 Å². The van der Waals surface area contributed by atoms with E-state index in [1.807, 2.05) is 32.0 Å². The second-order valence-corrected chi connectivity index (χ2v) is 7.90. The summed E-state index contributed by atoms with van der Waals surface area (Å²) in [6.07, 6.45) is 2.22. The van der Waals surface area contributed by atoms with E-state index in [0.29, 0.717) is 32.6 Å². The third kappa shape index (κ3) is 2.80. The van der Waals surface area contributed by atoms with Gasteiger partial charge in [0.25, 0.3) is 11.6 Å². The molecule has 3 aromatic heterocycles. The van der Waals surface area contributed by atoms with Crippen molar-refractivity contribution >= 4 is 39.9 Å². The molecule has 5 nitrogen and oxygen atoms in total. The summed E-state index contributed by atoms with van der Waals surface area (Å²) in [5.74, 6) is 0.285. The number of amides is 1. The van der Waals surface area contributed by atoms with Gasteiger partial charge in [-0.25, -0.2) is 4.98 Å². The second-order valence-electron chi connectivity index (χ2n) is 6.15. The molecular weight excluding hydrogens is 346 g/mol. The third-order valence-corrected chi connectivity index (χ3v) is 5.66. The zero-order valence-corrected chi connectivity index (χ0v) is 14.9. The molecule has 0 saturated heterocycles. The Hall–Kier alpha value is -1.92. The number of fused-ring (bicyclic) bond motifs is 1. The van der Waals surface area contributed by atoms with Gasteiger partial charge < -0.3 is 9.84 Å². The van der Waals surface area contributed by atoms with Gasteiger partial charge in [0, 0.05) is 16.5 Å². The lowest BCUT2D eigenvalue weighted by Crippen LogP contribution is -2.26. The first-order valence-electron chi connectivity index (χ1n) is 7.86. The number of carbonyl (C=O) groups is 1. The van der Waals surface area contributed by atoms with Crippen molar-refractivity contribution < 1.29 is 9.32 Å². The Bertz CT molecular complexity index is 929. The fraction of sp³-hybridized carbons (Fsp3) is 0.353. The quantitative estimate of drug-likeness (QED) is 0.736. The molecule has 1 amide bonds. The number of aromatic nitrogens is 2. The van der Waals surface area contributed by atoms with E-state index in [1.54, 1.807) is 0 Å². The number of thiophene rings is 1. The molecule has 1 aliphatic rings. The largest absolute Gasteiger partial charge is 0.345 e. The van der Waals surface area contributed by atoms with Gasteiger partial charge in [-0.3, -0.25) is 4.79 Å². The SMILES string of the molecule is Cc1noc2nc(C3CC3)cc(C(=O)NC(C)c3ccc(Cl)s3)c12. The molecule has 1 fully saturated rings. The molecule has 1 aliphatic carbocycles. The Morgan fingerprint density at radius 1 is 1.46 bits per heavy atom. The fourth-order valence-electron chi connectivity index (χ4n) is 2.79. The average molecular weight is 362 g/mol. The van der Waals surface area contributed by atoms with E-state index in [2.05, 4.69) is 15.5 Å². The van der Waals surface area contributed by atoms with Crippen LogP contribution in [0.25, 0.3) is 11.1 Å². The van der Waals surface area contributed by atoms with Gasteiger partial charge in [-0.2, -0.15) is 0 Å². The van der Waals surface area contributed by atoms with Crippen molar-refractivity contribution in [3.8, 4) is 0 Å². The molecule has 4 rings (SSSR count). The van der Waals surface area contributed by atoms with Crippen LogP contribution in [0, 0.1) is 6.92 Å². The maximum Gasteiger partial charge on any atom is 0.259 e. The smallest absolute Gasteiger partial charge is 0.259 e. The Balaban J connectivity index is 1.69. The van der Waals surface area contributed by atoms with Gasteiger partial charge in [0.1, 0.15) is 0 Å². The van der Waals surface area contributed by atoms with Crippen LogP contribution in [-0.2, 0) is 0 Å². The first-order chi connectivity index (χ1) is 11.5. The van der Waals surface area contributed by atoms with E-state index in [1.165, 1.54) is 11.3 Å². The van der Waals surface area contributed by atoms with Crippen LogP contribution in [0.3, 0.4) is 0 Å². The number of aryl methyl sites for hydroxylation is 1. The predicted octanol–water partition coefficient (Wildman–Crippen LogP) is 4.61. The number of rotatable bonds is 4. The van der Waals surface area contributed by atoms with Gasteiger partial charge in [-0.1, -0.05) is 16.8 Å². The number of hydrogen-bond donors (Lipinski definition) is 1. The van der Waals surface area contributed by atoms with Crippen LogP contribution < -0.4 is 5.32 Å². The standard InChI is InChI=1S/C17H16ClN3O2S/c1-8(13-5-6-14(18)24-13)19-16(22)11-7-12(10-3-4-10)20-17-15(11)9(2)21-23-17/h5-8,10H,3-4H2,1-2H3,(H,19,22). The normalized spacial score (nSPS) is 15.6. The van der Waals surface area contributed by atoms with Crippen LogP contribution in [-0.4, -0.2) is 16.0 Å². The average Bonchev–Trinajstić information content (AvgIpc) is 3.22. The lowest BCUT2D eigenvalue weighted by atomic mass is 10.1. The Labute approximate surface area is 148 Å². The molecule has 1 unspecified atom stereocenters. The minimum atomic E-state index is -0.146. The van der Waals surface area contributed by atoms with E-state index in [-0.39, 0.29) is 11.9 Å². The lowest BCUT2D eigenvalue weighted by Gasteiger charge is -2.13. The molecule has 24 heavy (non-hydrogen) atoms. The van der Waals surface area contributed by atoms with Gasteiger partial charge in [0.15, 0.2) is 0 Å². The zero-order valence-electron chi connectivity index (χ0n) is 13.3. The van der Waals surface area contributed by atoms with Crippen LogP contribution in [0.15, 0.2) is 22.7 Å². The van der Waals surface area contributed by atoms with Crippen molar-refractivity contribution in [1.29, 1.82) is 0 Å². The number of carbonyl (C=O) groups excluding carboxylic acids is 1. The highest BCUT2D eigenvalue weighted by Crippen LogP contribution is 2.40. The van der Waals surface area contributed by atoms with Crippen LogP contribution in [0.4, 0.5) is 0 Å². The Morgan fingerprint density at radius 2 is 2.25 bits per heavy atom. The molecule has 7 heteroatoms. The summed E-state index contributed by atoms with van der Waals surface area (Å²) >= 11 is 7.45. The molecule has 1 atom stereocenters. The van der Waals surface area contributed by atoms with E-state index in [0.717, 1.165) is 23.4 Å². The Kier molecular flexibility index (Phi) is 3.81. The molecule has 0 aliphatic heterocycles. The lowest BCUT2D eigenvalue weighted by molar-refractivity contribution is 0.0942. The molecule has 1 N–H and O–H groups in total. The van der Waals surface area contributed by atoms with Gasteiger partial charge in [0.2, 0.25) is 0 Å². The van der Waals surface area contributed by atoms with Gasteiger partial charge in [-0.15, -0.1) is 11.3 Å². The van der Waals surface area contributed by atoms with E-state index in [4.69, 9.17) is 16.1 Å². The summed E-state index contributed by atoms with van der Waals surface area (Å²) in [5.41, 5.74) is 2.61. The van der Waals surface area contributed by atoms with E-state index < -0.39 is 0 Å². The maximum absolute atomic E-state index is 12.9. The number of halogens is 1. The van der Waals surface area contributed by atoms with Gasteiger partial charge in [0.05, 0.1) is 27.0 Å². The van der Waals surface area contributed by atoms with Crippen LogP contribution >= 0.6 is 22.9 Å². The highest BCUT2D eigenvalue weighted by atomic mass is 35.5. The molecule has 0 radical (unpaired) electrons. The third-order valence-electron chi connectivity index (χ3n) is 4.25. The second kappa shape index (κ2) is 5.86. The Morgan fingerprint density at radius 3 is 2.92 bits per heavy atom. The first kappa shape index (κ1) is 15.6. The highest BCUT2D eigenvalue weighted by molar-refractivity contribution is 7.16. The summed E-state index contributed by atoms with van der Waals surface area (Å²) < 4.78 is 6.01. The molecular formula is C17H16ClN3O2S. The summed E-state index contributed by atoms with van der Waals surface area (Å²) in [4.78, 5) is 18.4. The number of pyridine rings is 1. The fourth-order valence-corrected chi connectivity index (χ4v) is 3.85. The maximum atomic E-state index is 12.9. The minimum absolute atomic E-state index is 0.122. The van der Waals surface area contributed by atoms with Crippen LogP contribution in [0.2, 0.25) is 4.34 Å². The van der Waals surface area contributed by atoms with Crippen molar-refractivity contribution in [3.05, 3.63) is 44.4 Å². The molecule has 3 aromatic rings. The van der Waals surface area contributed by atoms with Gasteiger partial charge in [-0.05, 0) is 44.9 Å². The van der Waals surface area contributed by atoms with Crippen molar-refractivity contribution in [3.63, 3.8) is 0 Å². The number of nitrogens with one attached hydrogen (secondary N) is 1. The topological polar surface area (TPSA) is 68.0 Å². The number of hydrogen-bond acceptors (Lipinski definition) is 5. The molecule has 124 valence electrons.